The van der Waals surface area contributed by atoms with Gasteiger partial charge in [0.2, 0.25) is 0 Å². The molecule has 0 unspecified atom stereocenters. The number of nitrogens with zero attached hydrogens (tertiary/aromatic N) is 2. The summed E-state index contributed by atoms with van der Waals surface area (Å²) in [5.41, 5.74) is 1.40. The van der Waals surface area contributed by atoms with Crippen LogP contribution in [0.15, 0.2) is 35.1 Å². The number of aryl methyl sites for hydroxylation is 1. The molecule has 0 fully saturated rings. The van der Waals surface area contributed by atoms with E-state index in [-0.39, 0.29) is 6.61 Å². The average molecular weight is 307 g/mol. The van der Waals surface area contributed by atoms with E-state index in [4.69, 9.17) is 4.74 Å². The van der Waals surface area contributed by atoms with Crippen molar-refractivity contribution in [3.63, 3.8) is 0 Å². The quantitative estimate of drug-likeness (QED) is 0.815. The van der Waals surface area contributed by atoms with E-state index in [0.717, 1.165) is 16.3 Å². The molecule has 5 heteroatoms. The molecule has 0 aliphatic carbocycles. The van der Waals surface area contributed by atoms with E-state index in [9.17, 15) is 4.79 Å². The van der Waals surface area contributed by atoms with E-state index in [0.29, 0.717) is 17.1 Å². The summed E-state index contributed by atoms with van der Waals surface area (Å²) >= 11 is 3.34. The minimum absolute atomic E-state index is 0.240. The summed E-state index contributed by atoms with van der Waals surface area (Å²) < 4.78 is 6.48. The van der Waals surface area contributed by atoms with Crippen molar-refractivity contribution >= 4 is 22.2 Å². The third kappa shape index (κ3) is 2.92. The van der Waals surface area contributed by atoms with Crippen molar-refractivity contribution in [2.24, 2.45) is 0 Å². The summed E-state index contributed by atoms with van der Waals surface area (Å²) in [6, 6.07) is 5.36. The molecule has 1 aromatic heterocycles. The molecule has 1 heterocycles. The lowest BCUT2D eigenvalue weighted by Gasteiger charge is -2.11. The zero-order chi connectivity index (χ0) is 13.0. The lowest BCUT2D eigenvalue weighted by Crippen LogP contribution is -2.03. The Morgan fingerprint density at radius 3 is 2.72 bits per heavy atom. The molecule has 0 saturated carbocycles. The Morgan fingerprint density at radius 2 is 2.06 bits per heavy atom. The van der Waals surface area contributed by atoms with Crippen LogP contribution in [0.25, 0.3) is 0 Å². The van der Waals surface area contributed by atoms with Crippen LogP contribution in [0.1, 0.15) is 21.7 Å². The second kappa shape index (κ2) is 5.73. The van der Waals surface area contributed by atoms with Crippen LogP contribution in [0.3, 0.4) is 0 Å². The summed E-state index contributed by atoms with van der Waals surface area (Å²) in [6.45, 7) is 2.13. The zero-order valence-electron chi connectivity index (χ0n) is 9.76. The molecular formula is C13H11BrN2O2. The van der Waals surface area contributed by atoms with Crippen molar-refractivity contribution < 1.29 is 9.53 Å². The number of rotatable bonds is 4. The summed E-state index contributed by atoms with van der Waals surface area (Å²) in [5, 5.41) is 0. The van der Waals surface area contributed by atoms with Gasteiger partial charge in [-0.25, -0.2) is 9.97 Å². The van der Waals surface area contributed by atoms with Gasteiger partial charge in [-0.1, -0.05) is 15.9 Å². The predicted molar refractivity (Wildman–Crippen MR) is 70.6 cm³/mol. The third-order valence-electron chi connectivity index (χ3n) is 2.36. The molecule has 0 aliphatic heterocycles. The number of carbonyl (C=O) groups is 1. The Kier molecular flexibility index (Phi) is 4.04. The number of carbonyl (C=O) groups excluding carboxylic acids is 1. The van der Waals surface area contributed by atoms with E-state index in [1.165, 1.54) is 0 Å². The van der Waals surface area contributed by atoms with Crippen LogP contribution in [0, 0.1) is 6.92 Å². The fourth-order valence-electron chi connectivity index (χ4n) is 1.58. The smallest absolute Gasteiger partial charge is 0.166 e. The van der Waals surface area contributed by atoms with Crippen LogP contribution < -0.4 is 4.74 Å². The summed E-state index contributed by atoms with van der Waals surface area (Å²) in [4.78, 5) is 19.1. The van der Waals surface area contributed by atoms with E-state index >= 15 is 0 Å². The Hall–Kier alpha value is -1.75. The maximum Gasteiger partial charge on any atom is 0.166 e. The second-order valence-corrected chi connectivity index (χ2v) is 4.63. The Balaban J connectivity index is 2.21. The SMILES string of the molecule is Cc1cc(Br)cc(C=O)c1OCc1ncccn1. The number of aromatic nitrogens is 2. The van der Waals surface area contributed by atoms with Crippen LogP contribution in [0.2, 0.25) is 0 Å². The number of hydrogen-bond acceptors (Lipinski definition) is 4. The maximum absolute atomic E-state index is 11.0. The van der Waals surface area contributed by atoms with Gasteiger partial charge in [-0.3, -0.25) is 4.79 Å². The van der Waals surface area contributed by atoms with E-state index < -0.39 is 0 Å². The van der Waals surface area contributed by atoms with Gasteiger partial charge in [0.15, 0.2) is 12.1 Å². The van der Waals surface area contributed by atoms with Gasteiger partial charge in [-0.05, 0) is 30.7 Å². The van der Waals surface area contributed by atoms with Gasteiger partial charge in [-0.2, -0.15) is 0 Å². The van der Waals surface area contributed by atoms with Crippen LogP contribution >= 0.6 is 15.9 Å². The number of hydrogen-bond donors (Lipinski definition) is 0. The average Bonchev–Trinajstić information content (AvgIpc) is 2.38. The lowest BCUT2D eigenvalue weighted by atomic mass is 10.1. The van der Waals surface area contributed by atoms with Gasteiger partial charge in [-0.15, -0.1) is 0 Å². The van der Waals surface area contributed by atoms with E-state index in [2.05, 4.69) is 25.9 Å². The highest BCUT2D eigenvalue weighted by Crippen LogP contribution is 2.27. The molecule has 1 aromatic carbocycles. The number of halogens is 1. The van der Waals surface area contributed by atoms with Gasteiger partial charge in [0.25, 0.3) is 0 Å². The van der Waals surface area contributed by atoms with Crippen molar-refractivity contribution in [2.45, 2.75) is 13.5 Å². The molecule has 4 nitrogen and oxygen atoms in total. The highest BCUT2D eigenvalue weighted by molar-refractivity contribution is 9.10. The van der Waals surface area contributed by atoms with E-state index in [1.807, 2.05) is 13.0 Å². The van der Waals surface area contributed by atoms with Crippen LogP contribution in [0.4, 0.5) is 0 Å². The van der Waals surface area contributed by atoms with Crippen LogP contribution in [-0.4, -0.2) is 16.3 Å². The van der Waals surface area contributed by atoms with Crippen molar-refractivity contribution in [3.8, 4) is 5.75 Å². The summed E-state index contributed by atoms with van der Waals surface area (Å²) in [5.74, 6) is 1.15. The predicted octanol–water partition coefficient (Wildman–Crippen LogP) is 2.94. The van der Waals surface area contributed by atoms with Crippen molar-refractivity contribution in [2.75, 3.05) is 0 Å². The fourth-order valence-corrected chi connectivity index (χ4v) is 2.17. The van der Waals surface area contributed by atoms with Crippen molar-refractivity contribution in [1.29, 1.82) is 0 Å². The highest BCUT2D eigenvalue weighted by Gasteiger charge is 2.09. The molecule has 0 spiro atoms. The largest absolute Gasteiger partial charge is 0.485 e. The number of benzene rings is 1. The zero-order valence-corrected chi connectivity index (χ0v) is 11.3. The Morgan fingerprint density at radius 1 is 1.33 bits per heavy atom. The Labute approximate surface area is 113 Å². The molecule has 0 amide bonds. The molecule has 0 saturated heterocycles. The first-order valence-electron chi connectivity index (χ1n) is 5.34. The van der Waals surface area contributed by atoms with Gasteiger partial charge in [0.05, 0.1) is 5.56 Å². The molecular weight excluding hydrogens is 296 g/mol. The molecule has 2 aromatic rings. The second-order valence-electron chi connectivity index (χ2n) is 3.71. The first-order valence-corrected chi connectivity index (χ1v) is 6.14. The third-order valence-corrected chi connectivity index (χ3v) is 2.82. The molecule has 92 valence electrons. The standard InChI is InChI=1S/C13H11BrN2O2/c1-9-5-11(14)6-10(7-17)13(9)18-8-12-15-3-2-4-16-12/h2-7H,8H2,1H3. The molecule has 0 radical (unpaired) electrons. The molecule has 2 rings (SSSR count). The fraction of sp³-hybridized carbons (Fsp3) is 0.154. The Bertz CT molecular complexity index is 558. The van der Waals surface area contributed by atoms with Gasteiger partial charge < -0.3 is 4.74 Å². The van der Waals surface area contributed by atoms with Crippen LogP contribution in [0.5, 0.6) is 5.75 Å². The molecule has 18 heavy (non-hydrogen) atoms. The number of aldehydes is 1. The normalized spacial score (nSPS) is 10.1. The lowest BCUT2D eigenvalue weighted by molar-refractivity contribution is 0.111. The van der Waals surface area contributed by atoms with Gasteiger partial charge in [0, 0.05) is 16.9 Å². The van der Waals surface area contributed by atoms with Gasteiger partial charge in [0.1, 0.15) is 12.4 Å². The number of ether oxygens (including phenoxy) is 1. The molecule has 0 aliphatic rings. The first-order chi connectivity index (χ1) is 8.70. The minimum atomic E-state index is 0.240. The summed E-state index contributed by atoms with van der Waals surface area (Å²) in [6.07, 6.45) is 4.08. The summed E-state index contributed by atoms with van der Waals surface area (Å²) in [7, 11) is 0. The topological polar surface area (TPSA) is 52.1 Å². The molecule has 0 N–H and O–H groups in total. The first kappa shape index (κ1) is 12.7. The van der Waals surface area contributed by atoms with Crippen molar-refractivity contribution in [3.05, 3.63) is 52.0 Å². The van der Waals surface area contributed by atoms with Crippen LogP contribution in [-0.2, 0) is 6.61 Å². The monoisotopic (exact) mass is 306 g/mol. The maximum atomic E-state index is 11.0. The van der Waals surface area contributed by atoms with Crippen molar-refractivity contribution in [1.82, 2.24) is 9.97 Å². The highest BCUT2D eigenvalue weighted by atomic mass is 79.9. The minimum Gasteiger partial charge on any atom is -0.485 e. The molecule has 0 atom stereocenters. The molecule has 0 bridgehead atoms. The van der Waals surface area contributed by atoms with E-state index in [1.54, 1.807) is 24.5 Å². The van der Waals surface area contributed by atoms with Gasteiger partial charge >= 0.3 is 0 Å².